The van der Waals surface area contributed by atoms with E-state index in [1.54, 1.807) is 12.3 Å². The molecule has 0 aliphatic heterocycles. The molecule has 0 fully saturated rings. The minimum atomic E-state index is -0.340. The summed E-state index contributed by atoms with van der Waals surface area (Å²) < 4.78 is 0. The number of hydrogen-bond donors (Lipinski definition) is 2. The maximum Gasteiger partial charge on any atom is 0.346 e. The van der Waals surface area contributed by atoms with Crippen LogP contribution in [0.3, 0.4) is 0 Å². The monoisotopic (exact) mass is 201 g/mol. The molecule has 0 unspecified atom stereocenters. The average molecular weight is 201 g/mol. The van der Waals surface area contributed by atoms with E-state index in [-0.39, 0.29) is 5.69 Å². The van der Waals surface area contributed by atoms with Crippen LogP contribution in [-0.2, 0) is 6.54 Å². The molecule has 0 amide bonds. The Labute approximate surface area is 87.0 Å². The quantitative estimate of drug-likeness (QED) is 0.788. The third kappa shape index (κ3) is 2.67. The normalized spacial score (nSPS) is 9.87. The summed E-state index contributed by atoms with van der Waals surface area (Å²) in [4.78, 5) is 17.1. The molecule has 0 spiro atoms. The molecule has 0 saturated heterocycles. The number of H-pyrrole nitrogens is 1. The van der Waals surface area contributed by atoms with Crippen LogP contribution in [0, 0.1) is 0 Å². The lowest BCUT2D eigenvalue weighted by Crippen LogP contribution is -2.12. The van der Waals surface area contributed by atoms with Gasteiger partial charge in [-0.2, -0.15) is 4.98 Å². The Morgan fingerprint density at radius 1 is 1.20 bits per heavy atom. The minimum Gasteiger partial charge on any atom is -0.366 e. The van der Waals surface area contributed by atoms with Crippen LogP contribution in [-0.4, -0.2) is 9.97 Å². The largest absolute Gasteiger partial charge is 0.366 e. The molecule has 1 aromatic heterocycles. The molecule has 0 saturated carbocycles. The highest BCUT2D eigenvalue weighted by atomic mass is 16.1. The lowest BCUT2D eigenvalue weighted by molar-refractivity contribution is 1.04. The Hall–Kier alpha value is -2.10. The van der Waals surface area contributed by atoms with Crippen LogP contribution in [0.4, 0.5) is 5.82 Å². The fourth-order valence-corrected chi connectivity index (χ4v) is 1.26. The molecule has 15 heavy (non-hydrogen) atoms. The zero-order chi connectivity index (χ0) is 10.5. The van der Waals surface area contributed by atoms with Gasteiger partial charge in [0.25, 0.3) is 0 Å². The fourth-order valence-electron chi connectivity index (χ4n) is 1.26. The third-order valence-corrected chi connectivity index (χ3v) is 1.99. The first-order chi connectivity index (χ1) is 7.34. The van der Waals surface area contributed by atoms with Crippen molar-refractivity contribution in [1.29, 1.82) is 0 Å². The summed E-state index contributed by atoms with van der Waals surface area (Å²) in [6.45, 7) is 0.664. The molecule has 2 N–H and O–H groups in total. The maximum absolute atomic E-state index is 10.9. The molecule has 0 aliphatic carbocycles. The number of aromatic amines is 1. The van der Waals surface area contributed by atoms with Crippen molar-refractivity contribution < 1.29 is 0 Å². The number of benzene rings is 1. The van der Waals surface area contributed by atoms with E-state index in [0.29, 0.717) is 12.4 Å². The van der Waals surface area contributed by atoms with Crippen LogP contribution in [0.5, 0.6) is 0 Å². The third-order valence-electron chi connectivity index (χ3n) is 1.99. The van der Waals surface area contributed by atoms with Crippen LogP contribution < -0.4 is 11.0 Å². The molecular formula is C11H11N3O. The Morgan fingerprint density at radius 2 is 2.00 bits per heavy atom. The Kier molecular flexibility index (Phi) is 2.78. The van der Waals surface area contributed by atoms with Gasteiger partial charge in [0.05, 0.1) is 0 Å². The summed E-state index contributed by atoms with van der Waals surface area (Å²) >= 11 is 0. The fraction of sp³-hybridized carbons (Fsp3) is 0.0909. The van der Waals surface area contributed by atoms with Gasteiger partial charge in [-0.3, -0.25) is 0 Å². The van der Waals surface area contributed by atoms with Gasteiger partial charge >= 0.3 is 5.69 Å². The Balaban J connectivity index is 2.02. The second-order valence-electron chi connectivity index (χ2n) is 3.12. The summed E-state index contributed by atoms with van der Waals surface area (Å²) in [6.07, 6.45) is 1.57. The maximum atomic E-state index is 10.9. The molecule has 2 rings (SSSR count). The molecule has 0 atom stereocenters. The van der Waals surface area contributed by atoms with Gasteiger partial charge in [0.2, 0.25) is 0 Å². The van der Waals surface area contributed by atoms with E-state index in [4.69, 9.17) is 0 Å². The first-order valence-corrected chi connectivity index (χ1v) is 4.68. The van der Waals surface area contributed by atoms with Gasteiger partial charge in [0, 0.05) is 12.7 Å². The van der Waals surface area contributed by atoms with Crippen LogP contribution in [0.15, 0.2) is 47.4 Å². The molecule has 1 aromatic carbocycles. The highest BCUT2D eigenvalue weighted by molar-refractivity contribution is 5.33. The number of hydrogen-bond acceptors (Lipinski definition) is 3. The van der Waals surface area contributed by atoms with Gasteiger partial charge in [-0.15, -0.1) is 0 Å². The van der Waals surface area contributed by atoms with Crippen molar-refractivity contribution in [3.8, 4) is 0 Å². The van der Waals surface area contributed by atoms with Gasteiger partial charge in [-0.25, -0.2) is 4.79 Å². The summed E-state index contributed by atoms with van der Waals surface area (Å²) in [5.41, 5.74) is 0.813. The van der Waals surface area contributed by atoms with Crippen molar-refractivity contribution in [1.82, 2.24) is 9.97 Å². The van der Waals surface area contributed by atoms with Gasteiger partial charge in [0.1, 0.15) is 5.82 Å². The Bertz CT molecular complexity index is 478. The van der Waals surface area contributed by atoms with Crippen LogP contribution in [0.1, 0.15) is 5.56 Å². The lowest BCUT2D eigenvalue weighted by atomic mass is 10.2. The molecule has 0 bridgehead atoms. The molecule has 76 valence electrons. The predicted octanol–water partition coefficient (Wildman–Crippen LogP) is 1.38. The van der Waals surface area contributed by atoms with E-state index in [9.17, 15) is 4.79 Å². The van der Waals surface area contributed by atoms with Crippen molar-refractivity contribution in [2.75, 3.05) is 5.32 Å². The molecule has 4 heteroatoms. The van der Waals surface area contributed by atoms with Gasteiger partial charge in [-0.05, 0) is 11.6 Å². The highest BCUT2D eigenvalue weighted by Gasteiger charge is 1.94. The standard InChI is InChI=1S/C11H11N3O/c15-11-12-7-6-10(14-11)13-8-9-4-2-1-3-5-9/h1-7H,8H2,(H2,12,13,14,15). The van der Waals surface area contributed by atoms with Crippen molar-refractivity contribution in [3.05, 3.63) is 58.6 Å². The van der Waals surface area contributed by atoms with E-state index >= 15 is 0 Å². The second kappa shape index (κ2) is 4.41. The van der Waals surface area contributed by atoms with Gasteiger partial charge in [-0.1, -0.05) is 30.3 Å². The van der Waals surface area contributed by atoms with Crippen molar-refractivity contribution in [2.45, 2.75) is 6.54 Å². The predicted molar refractivity (Wildman–Crippen MR) is 58.6 cm³/mol. The average Bonchev–Trinajstić information content (AvgIpc) is 2.28. The SMILES string of the molecule is O=c1nc(NCc2ccccc2)cc[nH]1. The zero-order valence-corrected chi connectivity index (χ0v) is 8.10. The number of nitrogens with one attached hydrogen (secondary N) is 2. The molecule has 4 nitrogen and oxygen atoms in total. The summed E-state index contributed by atoms with van der Waals surface area (Å²) in [7, 11) is 0. The smallest absolute Gasteiger partial charge is 0.346 e. The lowest BCUT2D eigenvalue weighted by Gasteiger charge is -2.03. The van der Waals surface area contributed by atoms with E-state index in [2.05, 4.69) is 15.3 Å². The summed E-state index contributed by atoms with van der Waals surface area (Å²) in [5.74, 6) is 0.586. The molecule has 0 aliphatic rings. The van der Waals surface area contributed by atoms with Crippen LogP contribution in [0.2, 0.25) is 0 Å². The second-order valence-corrected chi connectivity index (χ2v) is 3.12. The van der Waals surface area contributed by atoms with Crippen LogP contribution >= 0.6 is 0 Å². The zero-order valence-electron chi connectivity index (χ0n) is 8.10. The molecular weight excluding hydrogens is 190 g/mol. The van der Waals surface area contributed by atoms with Crippen molar-refractivity contribution >= 4 is 5.82 Å². The number of nitrogens with zero attached hydrogens (tertiary/aromatic N) is 1. The number of anilines is 1. The van der Waals surface area contributed by atoms with Crippen molar-refractivity contribution in [3.63, 3.8) is 0 Å². The minimum absolute atomic E-state index is 0.340. The van der Waals surface area contributed by atoms with Crippen LogP contribution in [0.25, 0.3) is 0 Å². The van der Waals surface area contributed by atoms with E-state index in [1.807, 2.05) is 30.3 Å². The van der Waals surface area contributed by atoms with E-state index < -0.39 is 0 Å². The summed E-state index contributed by atoms with van der Waals surface area (Å²) in [6, 6.07) is 11.7. The summed E-state index contributed by atoms with van der Waals surface area (Å²) in [5, 5.41) is 3.07. The number of rotatable bonds is 3. The molecule has 0 radical (unpaired) electrons. The van der Waals surface area contributed by atoms with Gasteiger partial charge < -0.3 is 10.3 Å². The topological polar surface area (TPSA) is 57.8 Å². The highest BCUT2D eigenvalue weighted by Crippen LogP contribution is 2.02. The van der Waals surface area contributed by atoms with Crippen molar-refractivity contribution in [2.24, 2.45) is 0 Å². The molecule has 1 heterocycles. The van der Waals surface area contributed by atoms with E-state index in [1.165, 1.54) is 0 Å². The van der Waals surface area contributed by atoms with E-state index in [0.717, 1.165) is 5.56 Å². The Morgan fingerprint density at radius 3 is 2.73 bits per heavy atom. The molecule has 2 aromatic rings. The first-order valence-electron chi connectivity index (χ1n) is 4.68. The number of aromatic nitrogens is 2. The first kappa shape index (κ1) is 9.45. The van der Waals surface area contributed by atoms with Gasteiger partial charge in [0.15, 0.2) is 0 Å².